The molecule has 29 heavy (non-hydrogen) atoms. The van der Waals surface area contributed by atoms with Crippen LogP contribution in [-0.2, 0) is 9.59 Å². The van der Waals surface area contributed by atoms with Gasteiger partial charge in [0.2, 0.25) is 11.8 Å². The minimum atomic E-state index is -0.0754. The molecule has 0 bridgehead atoms. The largest absolute Gasteiger partial charge is 0.357 e. The van der Waals surface area contributed by atoms with Gasteiger partial charge in [-0.1, -0.05) is 0 Å². The minimum absolute atomic E-state index is 0.0754. The van der Waals surface area contributed by atoms with E-state index in [0.29, 0.717) is 5.91 Å². The minimum Gasteiger partial charge on any atom is -0.357 e. The first-order valence-corrected chi connectivity index (χ1v) is 10.7. The molecule has 154 valence electrons. The summed E-state index contributed by atoms with van der Waals surface area (Å²) in [5, 5.41) is 3.88. The maximum absolute atomic E-state index is 12.8. The number of nitrogens with zero attached hydrogens (tertiary/aromatic N) is 3. The molecule has 0 saturated carbocycles. The summed E-state index contributed by atoms with van der Waals surface area (Å²) >= 11 is 0. The van der Waals surface area contributed by atoms with Crippen LogP contribution >= 0.6 is 0 Å². The van der Waals surface area contributed by atoms with E-state index in [2.05, 4.69) is 28.1 Å². The number of hydrogen-bond donors (Lipinski definition) is 1. The van der Waals surface area contributed by atoms with Gasteiger partial charge < -0.3 is 15.1 Å². The molecular weight excluding hydrogens is 364 g/mol. The number of aromatic nitrogens is 1. The maximum atomic E-state index is 12.8. The highest BCUT2D eigenvalue weighted by molar-refractivity contribution is 5.93. The second-order valence-electron chi connectivity index (χ2n) is 8.36. The number of benzene rings is 1. The molecule has 2 aromatic rings. The zero-order valence-corrected chi connectivity index (χ0v) is 17.4. The van der Waals surface area contributed by atoms with Gasteiger partial charge in [-0.25, -0.2) is 4.98 Å². The van der Waals surface area contributed by atoms with E-state index < -0.39 is 0 Å². The van der Waals surface area contributed by atoms with Crippen LogP contribution in [0.5, 0.6) is 0 Å². The van der Waals surface area contributed by atoms with E-state index >= 15 is 0 Å². The van der Waals surface area contributed by atoms with E-state index in [9.17, 15) is 9.59 Å². The molecule has 0 spiro atoms. The molecule has 2 aliphatic rings. The number of rotatable bonds is 3. The third-order valence-electron chi connectivity index (χ3n) is 6.16. The Morgan fingerprint density at radius 2 is 1.76 bits per heavy atom. The van der Waals surface area contributed by atoms with Crippen LogP contribution < -0.4 is 10.2 Å². The molecule has 6 nitrogen and oxygen atoms in total. The lowest BCUT2D eigenvalue weighted by Crippen LogP contribution is -2.44. The smallest absolute Gasteiger partial charge is 0.225 e. The first kappa shape index (κ1) is 19.7. The van der Waals surface area contributed by atoms with Gasteiger partial charge in [-0.15, -0.1) is 0 Å². The van der Waals surface area contributed by atoms with E-state index in [1.165, 1.54) is 13.3 Å². The monoisotopic (exact) mass is 394 g/mol. The van der Waals surface area contributed by atoms with E-state index in [1.54, 1.807) is 0 Å². The SMILES string of the molecule is CC(=O)Nc1ccc2nc(N3CCC(C(=O)N4CCCCC4)CC3)cc(C)c2c1. The molecule has 0 aliphatic carbocycles. The fraction of sp³-hybridized carbons (Fsp3) is 0.522. The Morgan fingerprint density at radius 3 is 2.45 bits per heavy atom. The summed E-state index contributed by atoms with van der Waals surface area (Å²) in [7, 11) is 0. The topological polar surface area (TPSA) is 65.5 Å². The molecule has 0 radical (unpaired) electrons. The van der Waals surface area contributed by atoms with Crippen molar-refractivity contribution in [3.63, 3.8) is 0 Å². The lowest BCUT2D eigenvalue weighted by molar-refractivity contribution is -0.137. The zero-order chi connectivity index (χ0) is 20.4. The summed E-state index contributed by atoms with van der Waals surface area (Å²) in [6.45, 7) is 7.20. The number of carbonyl (C=O) groups is 2. The van der Waals surface area contributed by atoms with Crippen LogP contribution in [0.15, 0.2) is 24.3 Å². The van der Waals surface area contributed by atoms with Crippen molar-refractivity contribution in [2.75, 3.05) is 36.4 Å². The standard InChI is InChI=1S/C23H30N4O2/c1-16-14-22(25-21-7-6-19(15-20(16)21)24-17(2)28)26-12-8-18(9-13-26)23(29)27-10-4-3-5-11-27/h6-7,14-15,18H,3-5,8-13H2,1-2H3,(H,24,28). The van der Waals surface area contributed by atoms with Crippen LogP contribution in [-0.4, -0.2) is 47.9 Å². The van der Waals surface area contributed by atoms with Crippen LogP contribution in [0.4, 0.5) is 11.5 Å². The Bertz CT molecular complexity index is 912. The number of fused-ring (bicyclic) bond motifs is 1. The van der Waals surface area contributed by atoms with Crippen LogP contribution in [0.25, 0.3) is 10.9 Å². The van der Waals surface area contributed by atoms with Crippen molar-refractivity contribution in [1.29, 1.82) is 0 Å². The van der Waals surface area contributed by atoms with Crippen LogP contribution in [0.2, 0.25) is 0 Å². The first-order chi connectivity index (χ1) is 14.0. The molecule has 6 heteroatoms. The molecule has 0 atom stereocenters. The molecule has 1 aromatic carbocycles. The van der Waals surface area contributed by atoms with Gasteiger partial charge in [-0.3, -0.25) is 9.59 Å². The quantitative estimate of drug-likeness (QED) is 0.861. The van der Waals surface area contributed by atoms with Crippen LogP contribution in [0, 0.1) is 12.8 Å². The van der Waals surface area contributed by atoms with Gasteiger partial charge >= 0.3 is 0 Å². The molecule has 2 saturated heterocycles. The number of pyridine rings is 1. The number of nitrogens with one attached hydrogen (secondary N) is 1. The van der Waals surface area contributed by atoms with Gasteiger partial charge in [0.1, 0.15) is 5.82 Å². The van der Waals surface area contributed by atoms with Crippen molar-refractivity contribution >= 4 is 34.2 Å². The van der Waals surface area contributed by atoms with Crippen molar-refractivity contribution in [3.8, 4) is 0 Å². The van der Waals surface area contributed by atoms with Crippen molar-refractivity contribution in [2.24, 2.45) is 5.92 Å². The Labute approximate surface area is 172 Å². The van der Waals surface area contributed by atoms with E-state index in [-0.39, 0.29) is 11.8 Å². The number of anilines is 2. The van der Waals surface area contributed by atoms with Gasteiger partial charge in [0.05, 0.1) is 5.52 Å². The highest BCUT2D eigenvalue weighted by atomic mass is 16.2. The molecule has 1 aromatic heterocycles. The molecule has 4 rings (SSSR count). The summed E-state index contributed by atoms with van der Waals surface area (Å²) in [6.07, 6.45) is 5.34. The molecule has 0 unspecified atom stereocenters. The van der Waals surface area contributed by atoms with E-state index in [4.69, 9.17) is 4.98 Å². The zero-order valence-electron chi connectivity index (χ0n) is 17.4. The van der Waals surface area contributed by atoms with Crippen molar-refractivity contribution in [3.05, 3.63) is 29.8 Å². The van der Waals surface area contributed by atoms with Crippen LogP contribution in [0.1, 0.15) is 44.6 Å². The number of aryl methyl sites for hydroxylation is 1. The average molecular weight is 395 g/mol. The Hall–Kier alpha value is -2.63. The average Bonchev–Trinajstić information content (AvgIpc) is 2.74. The lowest BCUT2D eigenvalue weighted by atomic mass is 9.94. The highest BCUT2D eigenvalue weighted by Gasteiger charge is 2.29. The summed E-state index contributed by atoms with van der Waals surface area (Å²) in [5.41, 5.74) is 2.86. The Balaban J connectivity index is 1.45. The molecule has 3 heterocycles. The third kappa shape index (κ3) is 4.36. The molecular formula is C23H30N4O2. The van der Waals surface area contributed by atoms with Gasteiger partial charge in [0, 0.05) is 50.1 Å². The Kier molecular flexibility index (Phi) is 5.69. The number of amides is 2. The summed E-state index contributed by atoms with van der Waals surface area (Å²) < 4.78 is 0. The fourth-order valence-electron chi connectivity index (χ4n) is 4.55. The number of piperidine rings is 2. The van der Waals surface area contributed by atoms with Crippen molar-refractivity contribution in [1.82, 2.24) is 9.88 Å². The molecule has 2 fully saturated rings. The first-order valence-electron chi connectivity index (χ1n) is 10.7. The third-order valence-corrected chi connectivity index (χ3v) is 6.16. The predicted molar refractivity (Wildman–Crippen MR) is 116 cm³/mol. The van der Waals surface area contributed by atoms with Crippen LogP contribution in [0.3, 0.4) is 0 Å². The fourth-order valence-corrected chi connectivity index (χ4v) is 4.55. The van der Waals surface area contributed by atoms with Gasteiger partial charge in [-0.05, 0) is 68.9 Å². The van der Waals surface area contributed by atoms with Crippen molar-refractivity contribution < 1.29 is 9.59 Å². The lowest BCUT2D eigenvalue weighted by Gasteiger charge is -2.36. The van der Waals surface area contributed by atoms with E-state index in [1.807, 2.05) is 18.2 Å². The summed E-state index contributed by atoms with van der Waals surface area (Å²) in [4.78, 5) is 33.3. The summed E-state index contributed by atoms with van der Waals surface area (Å²) in [5.74, 6) is 1.42. The second-order valence-corrected chi connectivity index (χ2v) is 8.36. The molecule has 2 amide bonds. The molecule has 1 N–H and O–H groups in total. The summed E-state index contributed by atoms with van der Waals surface area (Å²) in [6, 6.07) is 7.95. The second kappa shape index (κ2) is 8.39. The predicted octanol–water partition coefficient (Wildman–Crippen LogP) is 3.73. The van der Waals surface area contributed by atoms with E-state index in [0.717, 1.165) is 79.8 Å². The normalized spacial score (nSPS) is 18.1. The van der Waals surface area contributed by atoms with Crippen molar-refractivity contribution in [2.45, 2.75) is 46.0 Å². The van der Waals surface area contributed by atoms with Gasteiger partial charge in [0.25, 0.3) is 0 Å². The van der Waals surface area contributed by atoms with Gasteiger partial charge in [0.15, 0.2) is 0 Å². The highest BCUT2D eigenvalue weighted by Crippen LogP contribution is 2.29. The van der Waals surface area contributed by atoms with Gasteiger partial charge in [-0.2, -0.15) is 0 Å². The maximum Gasteiger partial charge on any atom is 0.225 e. The number of likely N-dealkylation sites (tertiary alicyclic amines) is 1. The number of carbonyl (C=O) groups excluding carboxylic acids is 2. The Morgan fingerprint density at radius 1 is 1.03 bits per heavy atom. The number of hydrogen-bond acceptors (Lipinski definition) is 4. The molecule has 2 aliphatic heterocycles.